The lowest BCUT2D eigenvalue weighted by Crippen LogP contribution is -2.38. The Hall–Kier alpha value is -2.36. The van der Waals surface area contributed by atoms with Crippen molar-refractivity contribution in [3.05, 3.63) is 59.3 Å². The summed E-state index contributed by atoms with van der Waals surface area (Å²) >= 11 is 0. The fourth-order valence-corrected chi connectivity index (χ4v) is 2.67. The van der Waals surface area contributed by atoms with Crippen molar-refractivity contribution in [3.63, 3.8) is 0 Å². The van der Waals surface area contributed by atoms with Crippen LogP contribution in [0.2, 0.25) is 0 Å². The van der Waals surface area contributed by atoms with E-state index in [4.69, 9.17) is 4.74 Å². The average Bonchev–Trinajstić information content (AvgIpc) is 2.71. The van der Waals surface area contributed by atoms with Gasteiger partial charge in [-0.1, -0.05) is 18.2 Å². The number of benzene rings is 1. The maximum absolute atomic E-state index is 12.1. The Balaban J connectivity index is 0.00000420. The van der Waals surface area contributed by atoms with Gasteiger partial charge in [-0.3, -0.25) is 9.79 Å². The highest BCUT2D eigenvalue weighted by atomic mass is 127. The van der Waals surface area contributed by atoms with Crippen molar-refractivity contribution in [1.82, 2.24) is 20.5 Å². The van der Waals surface area contributed by atoms with Crippen LogP contribution in [0.5, 0.6) is 5.88 Å². The number of pyridine rings is 1. The molecule has 8 heteroatoms. The molecule has 1 aromatic heterocycles. The normalized spacial score (nSPS) is 10.7. The molecular formula is C21H30IN5O2. The van der Waals surface area contributed by atoms with Crippen LogP contribution in [0.25, 0.3) is 0 Å². The molecule has 2 N–H and O–H groups in total. The summed E-state index contributed by atoms with van der Waals surface area (Å²) in [5.74, 6) is 1.34. The van der Waals surface area contributed by atoms with Gasteiger partial charge in [0.1, 0.15) is 0 Å². The van der Waals surface area contributed by atoms with E-state index in [9.17, 15) is 4.79 Å². The minimum atomic E-state index is 0. The SMILES string of the molecule is CCOc1ncccc1CNC(=NC)NCCc1cccc(C(=O)N(C)C)c1.I. The van der Waals surface area contributed by atoms with E-state index in [0.29, 0.717) is 37.1 Å². The van der Waals surface area contributed by atoms with Crippen molar-refractivity contribution in [2.45, 2.75) is 19.9 Å². The van der Waals surface area contributed by atoms with Gasteiger partial charge >= 0.3 is 0 Å². The molecule has 0 spiro atoms. The van der Waals surface area contributed by atoms with E-state index in [0.717, 1.165) is 17.5 Å². The van der Waals surface area contributed by atoms with Gasteiger partial charge in [0.2, 0.25) is 5.88 Å². The molecule has 2 aromatic rings. The van der Waals surface area contributed by atoms with Crippen molar-refractivity contribution < 1.29 is 9.53 Å². The highest BCUT2D eigenvalue weighted by Crippen LogP contribution is 2.13. The molecule has 7 nitrogen and oxygen atoms in total. The molecule has 158 valence electrons. The Bertz CT molecular complexity index is 811. The molecule has 0 aliphatic carbocycles. The van der Waals surface area contributed by atoms with E-state index in [1.54, 1.807) is 32.2 Å². The van der Waals surface area contributed by atoms with E-state index in [1.165, 1.54) is 0 Å². The number of carbonyl (C=O) groups is 1. The molecular weight excluding hydrogens is 481 g/mol. The van der Waals surface area contributed by atoms with Gasteiger partial charge in [-0.25, -0.2) is 4.98 Å². The van der Waals surface area contributed by atoms with Gasteiger partial charge in [-0.15, -0.1) is 24.0 Å². The molecule has 29 heavy (non-hydrogen) atoms. The van der Waals surface area contributed by atoms with Gasteiger partial charge in [0.25, 0.3) is 5.91 Å². The van der Waals surface area contributed by atoms with Crippen molar-refractivity contribution >= 4 is 35.8 Å². The molecule has 0 radical (unpaired) electrons. The lowest BCUT2D eigenvalue weighted by atomic mass is 10.1. The number of hydrogen-bond acceptors (Lipinski definition) is 4. The monoisotopic (exact) mass is 511 g/mol. The number of nitrogens with one attached hydrogen (secondary N) is 2. The largest absolute Gasteiger partial charge is 0.478 e. The lowest BCUT2D eigenvalue weighted by Gasteiger charge is -2.14. The molecule has 0 fully saturated rings. The van der Waals surface area contributed by atoms with E-state index in [-0.39, 0.29) is 29.9 Å². The van der Waals surface area contributed by atoms with Gasteiger partial charge in [-0.2, -0.15) is 0 Å². The molecule has 0 unspecified atom stereocenters. The van der Waals surface area contributed by atoms with E-state index < -0.39 is 0 Å². The summed E-state index contributed by atoms with van der Waals surface area (Å²) in [6.45, 7) is 3.78. The molecule has 0 bridgehead atoms. The zero-order valence-electron chi connectivity index (χ0n) is 17.4. The fraction of sp³-hybridized carbons (Fsp3) is 0.381. The van der Waals surface area contributed by atoms with E-state index in [2.05, 4.69) is 20.6 Å². The Morgan fingerprint density at radius 1 is 1.21 bits per heavy atom. The molecule has 1 heterocycles. The van der Waals surface area contributed by atoms with Gasteiger partial charge in [0, 0.05) is 51.6 Å². The van der Waals surface area contributed by atoms with Crippen LogP contribution >= 0.6 is 24.0 Å². The summed E-state index contributed by atoms with van der Waals surface area (Å²) < 4.78 is 5.55. The van der Waals surface area contributed by atoms with Crippen LogP contribution in [0.15, 0.2) is 47.6 Å². The number of halogens is 1. The highest BCUT2D eigenvalue weighted by Gasteiger charge is 2.08. The van der Waals surface area contributed by atoms with Crippen LogP contribution in [0.4, 0.5) is 0 Å². The van der Waals surface area contributed by atoms with Gasteiger partial charge in [0.05, 0.1) is 6.61 Å². The third-order valence-electron chi connectivity index (χ3n) is 4.09. The van der Waals surface area contributed by atoms with Crippen LogP contribution in [0.3, 0.4) is 0 Å². The fourth-order valence-electron chi connectivity index (χ4n) is 2.67. The summed E-state index contributed by atoms with van der Waals surface area (Å²) in [5.41, 5.74) is 2.77. The number of amides is 1. The molecule has 1 amide bonds. The van der Waals surface area contributed by atoms with Crippen molar-refractivity contribution in [2.75, 3.05) is 34.3 Å². The molecule has 1 aromatic carbocycles. The number of nitrogens with zero attached hydrogens (tertiary/aromatic N) is 3. The summed E-state index contributed by atoms with van der Waals surface area (Å²) in [4.78, 5) is 22.2. The number of hydrogen-bond donors (Lipinski definition) is 2. The van der Waals surface area contributed by atoms with Gasteiger partial charge < -0.3 is 20.3 Å². The standard InChI is InChI=1S/C21H29N5O2.HI/c1-5-28-19-18(10-7-12-23-19)15-25-21(22-2)24-13-11-16-8-6-9-17(14-16)20(27)26(3)4;/h6-10,12,14H,5,11,13,15H2,1-4H3,(H2,22,24,25);1H. The van der Waals surface area contributed by atoms with Crippen LogP contribution in [-0.4, -0.2) is 56.0 Å². The maximum atomic E-state index is 12.1. The maximum Gasteiger partial charge on any atom is 0.253 e. The average molecular weight is 511 g/mol. The molecule has 0 aliphatic heterocycles. The minimum absolute atomic E-state index is 0. The first kappa shape index (κ1) is 24.7. The highest BCUT2D eigenvalue weighted by molar-refractivity contribution is 14.0. The van der Waals surface area contributed by atoms with Crippen LogP contribution in [-0.2, 0) is 13.0 Å². The molecule has 2 rings (SSSR count). The molecule has 0 saturated heterocycles. The third-order valence-corrected chi connectivity index (χ3v) is 4.09. The number of guanidine groups is 1. The second-order valence-electron chi connectivity index (χ2n) is 6.40. The zero-order valence-corrected chi connectivity index (χ0v) is 19.8. The number of carbonyl (C=O) groups excluding carboxylic acids is 1. The van der Waals surface area contributed by atoms with Gasteiger partial charge in [0.15, 0.2) is 5.96 Å². The number of aliphatic imine (C=N–C) groups is 1. The van der Waals surface area contributed by atoms with Crippen LogP contribution < -0.4 is 15.4 Å². The number of aromatic nitrogens is 1. The Labute approximate surface area is 190 Å². The first-order valence-corrected chi connectivity index (χ1v) is 9.37. The van der Waals surface area contributed by atoms with Crippen molar-refractivity contribution in [1.29, 1.82) is 0 Å². The second-order valence-corrected chi connectivity index (χ2v) is 6.40. The van der Waals surface area contributed by atoms with E-state index in [1.807, 2.05) is 43.3 Å². The summed E-state index contributed by atoms with van der Waals surface area (Å²) in [5, 5.41) is 6.57. The first-order chi connectivity index (χ1) is 13.5. The van der Waals surface area contributed by atoms with Crippen molar-refractivity contribution in [2.24, 2.45) is 4.99 Å². The van der Waals surface area contributed by atoms with Crippen LogP contribution in [0.1, 0.15) is 28.4 Å². The summed E-state index contributed by atoms with van der Waals surface area (Å²) in [6, 6.07) is 11.6. The molecule has 0 atom stereocenters. The Kier molecular flexibility index (Phi) is 11.0. The number of rotatable bonds is 8. The summed E-state index contributed by atoms with van der Waals surface area (Å²) in [7, 11) is 5.25. The van der Waals surface area contributed by atoms with Gasteiger partial charge in [-0.05, 0) is 37.1 Å². The predicted molar refractivity (Wildman–Crippen MR) is 127 cm³/mol. The topological polar surface area (TPSA) is 78.8 Å². The minimum Gasteiger partial charge on any atom is -0.478 e. The molecule has 0 aliphatic rings. The Morgan fingerprint density at radius 2 is 2.00 bits per heavy atom. The van der Waals surface area contributed by atoms with Crippen LogP contribution in [0, 0.1) is 0 Å². The smallest absolute Gasteiger partial charge is 0.253 e. The Morgan fingerprint density at radius 3 is 2.69 bits per heavy atom. The first-order valence-electron chi connectivity index (χ1n) is 9.37. The second kappa shape index (κ2) is 13.0. The number of ether oxygens (including phenoxy) is 1. The lowest BCUT2D eigenvalue weighted by molar-refractivity contribution is 0.0827. The molecule has 0 saturated carbocycles. The predicted octanol–water partition coefficient (Wildman–Crippen LogP) is 2.71. The van der Waals surface area contributed by atoms with Crippen molar-refractivity contribution in [3.8, 4) is 5.88 Å². The van der Waals surface area contributed by atoms with E-state index >= 15 is 0 Å². The summed E-state index contributed by atoms with van der Waals surface area (Å²) in [6.07, 6.45) is 2.50. The third kappa shape index (κ3) is 7.88. The quantitative estimate of drug-likeness (QED) is 0.324. The zero-order chi connectivity index (χ0) is 20.4.